The van der Waals surface area contributed by atoms with Gasteiger partial charge in [0.1, 0.15) is 0 Å². The van der Waals surface area contributed by atoms with Crippen LogP contribution in [0.5, 0.6) is 5.75 Å². The van der Waals surface area contributed by atoms with Gasteiger partial charge in [0.25, 0.3) is 10.0 Å². The van der Waals surface area contributed by atoms with Crippen molar-refractivity contribution >= 4 is 21.5 Å². The molecule has 0 amide bonds. The Balaban J connectivity index is 1.47. The van der Waals surface area contributed by atoms with Gasteiger partial charge in [-0.15, -0.1) is 10.2 Å². The van der Waals surface area contributed by atoms with Crippen molar-refractivity contribution in [3.8, 4) is 17.0 Å². The van der Waals surface area contributed by atoms with Crippen LogP contribution in [0, 0.1) is 5.82 Å². The number of benzene rings is 2. The number of anilines is 2. The lowest BCUT2D eigenvalue weighted by atomic mass is 10.1. The maximum atomic E-state index is 13.9. The Hall–Kier alpha value is -3.24. The van der Waals surface area contributed by atoms with Crippen LogP contribution >= 0.6 is 0 Å². The Labute approximate surface area is 179 Å². The highest BCUT2D eigenvalue weighted by Gasteiger charge is 2.17. The lowest BCUT2D eigenvalue weighted by Crippen LogP contribution is -2.36. The van der Waals surface area contributed by atoms with Crippen LogP contribution in [0.15, 0.2) is 59.5 Å². The van der Waals surface area contributed by atoms with E-state index in [2.05, 4.69) is 19.8 Å². The van der Waals surface area contributed by atoms with E-state index in [1.807, 2.05) is 12.1 Å². The zero-order chi connectivity index (χ0) is 21.8. The van der Waals surface area contributed by atoms with Gasteiger partial charge in [-0.1, -0.05) is 12.1 Å². The fourth-order valence-corrected chi connectivity index (χ4v) is 4.25. The number of ether oxygens (including phenoxy) is 2. The monoisotopic (exact) mass is 444 g/mol. The minimum absolute atomic E-state index is 0.0240. The van der Waals surface area contributed by atoms with Crippen LogP contribution in [0.4, 0.5) is 15.9 Å². The van der Waals surface area contributed by atoms with Gasteiger partial charge < -0.3 is 14.4 Å². The lowest BCUT2D eigenvalue weighted by molar-refractivity contribution is 0.122. The van der Waals surface area contributed by atoms with Gasteiger partial charge in [-0.3, -0.25) is 4.72 Å². The third kappa shape index (κ3) is 4.75. The van der Waals surface area contributed by atoms with Crippen molar-refractivity contribution in [1.82, 2.24) is 10.2 Å². The van der Waals surface area contributed by atoms with E-state index in [4.69, 9.17) is 9.47 Å². The number of aromatic nitrogens is 2. The van der Waals surface area contributed by atoms with Crippen molar-refractivity contribution in [2.24, 2.45) is 0 Å². The standard InChI is InChI=1S/C21H21FN4O4S/c1-29-20-8-6-17(14-18(20)22)31(27,28)25-16-4-2-15(3-5-16)19-7-9-21(24-23-19)26-10-12-30-13-11-26/h2-9,14,25H,10-13H2,1H3. The number of morpholine rings is 1. The van der Waals surface area contributed by atoms with Gasteiger partial charge >= 0.3 is 0 Å². The number of sulfonamides is 1. The largest absolute Gasteiger partial charge is 0.494 e. The number of methoxy groups -OCH3 is 1. The first-order chi connectivity index (χ1) is 15.0. The predicted octanol–water partition coefficient (Wildman–Crippen LogP) is 2.93. The van der Waals surface area contributed by atoms with Crippen molar-refractivity contribution in [2.45, 2.75) is 4.90 Å². The topological polar surface area (TPSA) is 93.7 Å². The molecule has 162 valence electrons. The second-order valence-electron chi connectivity index (χ2n) is 6.86. The summed E-state index contributed by atoms with van der Waals surface area (Å²) in [7, 11) is -2.63. The number of hydrogen-bond acceptors (Lipinski definition) is 7. The normalized spacial score (nSPS) is 14.3. The molecule has 2 heterocycles. The smallest absolute Gasteiger partial charge is 0.262 e. The van der Waals surface area contributed by atoms with Gasteiger partial charge in [-0.25, -0.2) is 12.8 Å². The van der Waals surface area contributed by atoms with Gasteiger partial charge in [0.2, 0.25) is 0 Å². The van der Waals surface area contributed by atoms with Crippen LogP contribution in [-0.4, -0.2) is 52.0 Å². The van der Waals surface area contributed by atoms with Crippen molar-refractivity contribution in [1.29, 1.82) is 0 Å². The third-order valence-electron chi connectivity index (χ3n) is 4.85. The molecular formula is C21H21FN4O4S. The Morgan fingerprint density at radius 1 is 1.03 bits per heavy atom. The van der Waals surface area contributed by atoms with Crippen LogP contribution in [-0.2, 0) is 14.8 Å². The summed E-state index contributed by atoms with van der Waals surface area (Å²) in [5.41, 5.74) is 1.81. The summed E-state index contributed by atoms with van der Waals surface area (Å²) >= 11 is 0. The second-order valence-corrected chi connectivity index (χ2v) is 8.54. The Morgan fingerprint density at radius 3 is 2.39 bits per heavy atom. The molecule has 0 aliphatic carbocycles. The summed E-state index contributed by atoms with van der Waals surface area (Å²) in [6, 6.07) is 14.0. The molecule has 1 aliphatic heterocycles. The zero-order valence-corrected chi connectivity index (χ0v) is 17.6. The van der Waals surface area contributed by atoms with Gasteiger partial charge in [0, 0.05) is 24.3 Å². The van der Waals surface area contributed by atoms with Crippen LogP contribution in [0.2, 0.25) is 0 Å². The highest BCUT2D eigenvalue weighted by molar-refractivity contribution is 7.92. The molecule has 0 spiro atoms. The molecule has 2 aromatic carbocycles. The average Bonchev–Trinajstić information content (AvgIpc) is 2.80. The molecule has 31 heavy (non-hydrogen) atoms. The van der Waals surface area contributed by atoms with E-state index in [9.17, 15) is 12.8 Å². The minimum Gasteiger partial charge on any atom is -0.494 e. The van der Waals surface area contributed by atoms with Crippen LogP contribution in [0.1, 0.15) is 0 Å². The first-order valence-corrected chi connectivity index (χ1v) is 11.1. The molecule has 1 N–H and O–H groups in total. The average molecular weight is 444 g/mol. The maximum absolute atomic E-state index is 13.9. The first-order valence-electron chi connectivity index (χ1n) is 9.59. The van der Waals surface area contributed by atoms with Crippen molar-refractivity contribution in [3.05, 3.63) is 60.4 Å². The molecule has 3 aromatic rings. The highest BCUT2D eigenvalue weighted by Crippen LogP contribution is 2.25. The molecule has 10 heteroatoms. The van der Waals surface area contributed by atoms with Crippen molar-refractivity contribution in [2.75, 3.05) is 43.0 Å². The number of hydrogen-bond donors (Lipinski definition) is 1. The Morgan fingerprint density at radius 2 is 1.77 bits per heavy atom. The third-order valence-corrected chi connectivity index (χ3v) is 6.23. The van der Waals surface area contributed by atoms with Crippen LogP contribution in [0.25, 0.3) is 11.3 Å². The van der Waals surface area contributed by atoms with Crippen molar-refractivity contribution in [3.63, 3.8) is 0 Å². The molecule has 1 saturated heterocycles. The first kappa shape index (κ1) is 21.0. The zero-order valence-electron chi connectivity index (χ0n) is 16.8. The van der Waals surface area contributed by atoms with Gasteiger partial charge in [0.05, 0.1) is 30.9 Å². The van der Waals surface area contributed by atoms with E-state index in [-0.39, 0.29) is 10.6 Å². The molecule has 1 aliphatic rings. The van der Waals surface area contributed by atoms with Gasteiger partial charge in [-0.2, -0.15) is 0 Å². The molecule has 8 nitrogen and oxygen atoms in total. The van der Waals surface area contributed by atoms with E-state index in [0.29, 0.717) is 24.6 Å². The quantitative estimate of drug-likeness (QED) is 0.625. The van der Waals surface area contributed by atoms with Gasteiger partial charge in [0.15, 0.2) is 17.4 Å². The Kier molecular flexibility index (Phi) is 6.01. The van der Waals surface area contributed by atoms with Crippen molar-refractivity contribution < 1.29 is 22.3 Å². The number of nitrogens with zero attached hydrogens (tertiary/aromatic N) is 3. The SMILES string of the molecule is COc1ccc(S(=O)(=O)Nc2ccc(-c3ccc(N4CCOCC4)nn3)cc2)cc1F. The summed E-state index contributed by atoms with van der Waals surface area (Å²) in [6.45, 7) is 2.90. The van der Waals surface area contributed by atoms with E-state index < -0.39 is 15.8 Å². The molecule has 0 atom stereocenters. The number of halogens is 1. The number of nitrogens with one attached hydrogen (secondary N) is 1. The summed E-state index contributed by atoms with van der Waals surface area (Å²) in [4.78, 5) is 1.92. The summed E-state index contributed by atoms with van der Waals surface area (Å²) in [6.07, 6.45) is 0. The second kappa shape index (κ2) is 8.86. The van der Waals surface area contributed by atoms with E-state index in [0.717, 1.165) is 30.5 Å². The molecule has 0 bridgehead atoms. The molecule has 0 radical (unpaired) electrons. The maximum Gasteiger partial charge on any atom is 0.262 e. The summed E-state index contributed by atoms with van der Waals surface area (Å²) in [5, 5.41) is 8.56. The lowest BCUT2D eigenvalue weighted by Gasteiger charge is -2.27. The fourth-order valence-electron chi connectivity index (χ4n) is 3.18. The molecule has 4 rings (SSSR count). The Bertz CT molecular complexity index is 1150. The van der Waals surface area contributed by atoms with Crippen LogP contribution in [0.3, 0.4) is 0 Å². The van der Waals surface area contributed by atoms with E-state index >= 15 is 0 Å². The molecule has 1 fully saturated rings. The van der Waals surface area contributed by atoms with E-state index in [1.54, 1.807) is 24.3 Å². The summed E-state index contributed by atoms with van der Waals surface area (Å²) in [5.74, 6) is 0.0204. The molecule has 1 aromatic heterocycles. The molecular weight excluding hydrogens is 423 g/mol. The minimum atomic E-state index is -3.95. The predicted molar refractivity (Wildman–Crippen MR) is 114 cm³/mol. The highest BCUT2D eigenvalue weighted by atomic mass is 32.2. The fraction of sp³-hybridized carbons (Fsp3) is 0.238. The van der Waals surface area contributed by atoms with E-state index in [1.165, 1.54) is 19.2 Å². The molecule has 0 saturated carbocycles. The number of rotatable bonds is 6. The van der Waals surface area contributed by atoms with Gasteiger partial charge in [-0.05, 0) is 42.5 Å². The van der Waals surface area contributed by atoms with Crippen LogP contribution < -0.4 is 14.4 Å². The molecule has 0 unspecified atom stereocenters. The summed E-state index contributed by atoms with van der Waals surface area (Å²) < 4.78 is 51.6.